The number of hydrogen-bond donors (Lipinski definition) is 0. The van der Waals surface area contributed by atoms with Gasteiger partial charge in [-0.3, -0.25) is 0 Å². The second-order valence-corrected chi connectivity index (χ2v) is 3.60. The molecule has 0 aromatic rings. The molecule has 0 N–H and O–H groups in total. The Hall–Kier alpha value is -0.260. The van der Waals surface area contributed by atoms with Crippen molar-refractivity contribution < 1.29 is 0 Å². The highest BCUT2D eigenvalue weighted by Gasteiger charge is 1.93. The van der Waals surface area contributed by atoms with Crippen molar-refractivity contribution in [2.75, 3.05) is 0 Å². The molecule has 0 aliphatic carbocycles. The molecule has 0 nitrogen and oxygen atoms in total. The molecule has 0 saturated heterocycles. The van der Waals surface area contributed by atoms with Crippen LogP contribution in [-0.4, -0.2) is 0 Å². The van der Waals surface area contributed by atoms with Crippen LogP contribution in [0.2, 0.25) is 0 Å². The molecular formula is C11H22. The normalized spacial score (nSPS) is 12.6. The van der Waals surface area contributed by atoms with Crippen molar-refractivity contribution in [3.05, 3.63) is 11.6 Å². The van der Waals surface area contributed by atoms with E-state index in [-0.39, 0.29) is 0 Å². The lowest BCUT2D eigenvalue weighted by molar-refractivity contribution is 0.710. The Kier molecular flexibility index (Phi) is 6.30. The Morgan fingerprint density at radius 1 is 1.27 bits per heavy atom. The Bertz CT molecular complexity index is 109. The molecule has 66 valence electrons. The lowest BCUT2D eigenvalue weighted by Crippen LogP contribution is -1.87. The van der Waals surface area contributed by atoms with Crippen molar-refractivity contribution in [3.8, 4) is 0 Å². The molecule has 0 heterocycles. The third-order valence-corrected chi connectivity index (χ3v) is 2.18. The zero-order chi connectivity index (χ0) is 8.69. The van der Waals surface area contributed by atoms with Gasteiger partial charge in [0, 0.05) is 0 Å². The molecule has 0 saturated carbocycles. The third-order valence-electron chi connectivity index (χ3n) is 2.18. The van der Waals surface area contributed by atoms with Crippen LogP contribution in [0, 0.1) is 5.92 Å². The fraction of sp³-hybridized carbons (Fsp3) is 0.818. The Morgan fingerprint density at radius 3 is 2.36 bits per heavy atom. The molecule has 0 heteroatoms. The van der Waals surface area contributed by atoms with E-state index < -0.39 is 0 Å². The zero-order valence-corrected chi connectivity index (χ0v) is 8.48. The number of hydrogen-bond acceptors (Lipinski definition) is 0. The highest BCUT2D eigenvalue weighted by Crippen LogP contribution is 2.10. The lowest BCUT2D eigenvalue weighted by Gasteiger charge is -2.03. The van der Waals surface area contributed by atoms with Crippen LogP contribution in [0.15, 0.2) is 11.6 Å². The highest BCUT2D eigenvalue weighted by atomic mass is 14.0. The first-order valence-electron chi connectivity index (χ1n) is 4.85. The summed E-state index contributed by atoms with van der Waals surface area (Å²) in [6.45, 7) is 8.99. The van der Waals surface area contributed by atoms with Gasteiger partial charge in [-0.1, -0.05) is 45.3 Å². The minimum Gasteiger partial charge on any atom is -0.0854 e. The van der Waals surface area contributed by atoms with E-state index >= 15 is 0 Å². The maximum atomic E-state index is 2.39. The fourth-order valence-electron chi connectivity index (χ4n) is 0.960. The van der Waals surface area contributed by atoms with Crippen molar-refractivity contribution in [3.63, 3.8) is 0 Å². The van der Waals surface area contributed by atoms with E-state index in [0.717, 1.165) is 5.92 Å². The molecule has 0 amide bonds. The number of allylic oxidation sites excluding steroid dienone is 2. The molecule has 0 unspecified atom stereocenters. The lowest BCUT2D eigenvalue weighted by atomic mass is 10.0. The summed E-state index contributed by atoms with van der Waals surface area (Å²) in [7, 11) is 0. The predicted octanol–water partition coefficient (Wildman–Crippen LogP) is 4.17. The second kappa shape index (κ2) is 6.45. The van der Waals surface area contributed by atoms with Crippen LogP contribution in [0.1, 0.15) is 53.4 Å². The van der Waals surface area contributed by atoms with Gasteiger partial charge in [0.15, 0.2) is 0 Å². The van der Waals surface area contributed by atoms with E-state index in [2.05, 4.69) is 33.8 Å². The highest BCUT2D eigenvalue weighted by molar-refractivity contribution is 5.00. The largest absolute Gasteiger partial charge is 0.0854 e. The van der Waals surface area contributed by atoms with E-state index in [1.54, 1.807) is 5.57 Å². The van der Waals surface area contributed by atoms with Crippen LogP contribution >= 0.6 is 0 Å². The molecule has 0 aliphatic rings. The van der Waals surface area contributed by atoms with Gasteiger partial charge in [0.25, 0.3) is 0 Å². The van der Waals surface area contributed by atoms with Gasteiger partial charge in [-0.15, -0.1) is 0 Å². The number of unbranched alkanes of at least 4 members (excludes halogenated alkanes) is 3. The maximum Gasteiger partial charge on any atom is -0.0263 e. The summed E-state index contributed by atoms with van der Waals surface area (Å²) >= 11 is 0. The van der Waals surface area contributed by atoms with Gasteiger partial charge < -0.3 is 0 Å². The third kappa shape index (κ3) is 6.15. The van der Waals surface area contributed by atoms with E-state index in [9.17, 15) is 0 Å². The molecule has 0 aliphatic heterocycles. The summed E-state index contributed by atoms with van der Waals surface area (Å²) < 4.78 is 0. The summed E-state index contributed by atoms with van der Waals surface area (Å²) in [5.74, 6) is 0.733. The van der Waals surface area contributed by atoms with Crippen LogP contribution in [0.4, 0.5) is 0 Å². The predicted molar refractivity (Wildman–Crippen MR) is 52.7 cm³/mol. The molecule has 0 aromatic heterocycles. The molecular weight excluding hydrogens is 132 g/mol. The van der Waals surface area contributed by atoms with Crippen molar-refractivity contribution in [2.45, 2.75) is 53.4 Å². The summed E-state index contributed by atoms with van der Waals surface area (Å²) in [5.41, 5.74) is 1.54. The van der Waals surface area contributed by atoms with Gasteiger partial charge in [-0.2, -0.15) is 0 Å². The van der Waals surface area contributed by atoms with Gasteiger partial charge in [0.1, 0.15) is 0 Å². The van der Waals surface area contributed by atoms with E-state index in [0.29, 0.717) is 0 Å². The first-order valence-corrected chi connectivity index (χ1v) is 4.85. The topological polar surface area (TPSA) is 0 Å². The number of rotatable bonds is 5. The first kappa shape index (κ1) is 10.7. The first-order chi connectivity index (χ1) is 5.18. The summed E-state index contributed by atoms with van der Waals surface area (Å²) in [6.07, 6.45) is 7.73. The van der Waals surface area contributed by atoms with Gasteiger partial charge in [-0.05, 0) is 25.7 Å². The smallest absolute Gasteiger partial charge is 0.0263 e. The Morgan fingerprint density at radius 2 is 1.91 bits per heavy atom. The Labute approximate surface area is 71.7 Å². The van der Waals surface area contributed by atoms with E-state index in [1.807, 2.05) is 0 Å². The minimum absolute atomic E-state index is 0.733. The van der Waals surface area contributed by atoms with Crippen LogP contribution in [0.3, 0.4) is 0 Å². The van der Waals surface area contributed by atoms with Crippen LogP contribution in [0.25, 0.3) is 0 Å². The summed E-state index contributed by atoms with van der Waals surface area (Å²) in [4.78, 5) is 0. The SMILES string of the molecule is CCCCCC=C(C)C(C)C. The molecule has 0 aromatic carbocycles. The van der Waals surface area contributed by atoms with Gasteiger partial charge in [0.05, 0.1) is 0 Å². The average molecular weight is 154 g/mol. The molecule has 0 rings (SSSR count). The van der Waals surface area contributed by atoms with Gasteiger partial charge in [-0.25, -0.2) is 0 Å². The Balaban J connectivity index is 3.40. The summed E-state index contributed by atoms with van der Waals surface area (Å²) in [5, 5.41) is 0. The van der Waals surface area contributed by atoms with Crippen molar-refractivity contribution in [1.29, 1.82) is 0 Å². The molecule has 0 atom stereocenters. The monoisotopic (exact) mass is 154 g/mol. The standard InChI is InChI=1S/C11H22/c1-5-6-7-8-9-11(4)10(2)3/h9-10H,5-8H2,1-4H3. The molecule has 0 radical (unpaired) electrons. The van der Waals surface area contributed by atoms with E-state index in [1.165, 1.54) is 25.7 Å². The average Bonchev–Trinajstić information content (AvgIpc) is 1.97. The van der Waals surface area contributed by atoms with Crippen LogP contribution < -0.4 is 0 Å². The zero-order valence-electron chi connectivity index (χ0n) is 8.48. The van der Waals surface area contributed by atoms with Gasteiger partial charge in [0.2, 0.25) is 0 Å². The van der Waals surface area contributed by atoms with Crippen molar-refractivity contribution in [1.82, 2.24) is 0 Å². The summed E-state index contributed by atoms with van der Waals surface area (Å²) in [6, 6.07) is 0. The van der Waals surface area contributed by atoms with Crippen LogP contribution in [0.5, 0.6) is 0 Å². The molecule has 11 heavy (non-hydrogen) atoms. The maximum absolute atomic E-state index is 2.39. The quantitative estimate of drug-likeness (QED) is 0.412. The van der Waals surface area contributed by atoms with E-state index in [4.69, 9.17) is 0 Å². The molecule has 0 fully saturated rings. The molecule has 0 spiro atoms. The van der Waals surface area contributed by atoms with Crippen LogP contribution in [-0.2, 0) is 0 Å². The van der Waals surface area contributed by atoms with Crippen molar-refractivity contribution in [2.24, 2.45) is 5.92 Å². The van der Waals surface area contributed by atoms with Gasteiger partial charge >= 0.3 is 0 Å². The van der Waals surface area contributed by atoms with Crippen molar-refractivity contribution >= 4 is 0 Å². The second-order valence-electron chi connectivity index (χ2n) is 3.60. The minimum atomic E-state index is 0.733. The molecule has 0 bridgehead atoms. The fourth-order valence-corrected chi connectivity index (χ4v) is 0.960.